The molecule has 0 aliphatic rings. The van der Waals surface area contributed by atoms with E-state index < -0.39 is 0 Å². The molecular formula is C11H20N2O. The fraction of sp³-hybridized carbons (Fsp3) is 0.636. The van der Waals surface area contributed by atoms with Gasteiger partial charge in [0.1, 0.15) is 5.76 Å². The van der Waals surface area contributed by atoms with E-state index in [-0.39, 0.29) is 0 Å². The molecule has 1 aromatic heterocycles. The standard InChI is InChI=1S/C11H20N2O/c1-9(2)8-10(13-12)5-6-11-4-3-7-14-11/h3-4,7,9-10,13H,5-6,8,12H2,1-2H3. The van der Waals surface area contributed by atoms with Crippen LogP contribution < -0.4 is 11.3 Å². The number of hydrogen-bond acceptors (Lipinski definition) is 3. The number of nitrogens with two attached hydrogens (primary N) is 1. The molecule has 1 rings (SSSR count). The minimum absolute atomic E-state index is 0.389. The summed E-state index contributed by atoms with van der Waals surface area (Å²) in [6, 6.07) is 4.31. The van der Waals surface area contributed by atoms with Crippen LogP contribution >= 0.6 is 0 Å². The number of aryl methyl sites for hydroxylation is 1. The lowest BCUT2D eigenvalue weighted by atomic mass is 10.00. The van der Waals surface area contributed by atoms with Gasteiger partial charge in [-0.3, -0.25) is 11.3 Å². The highest BCUT2D eigenvalue weighted by Gasteiger charge is 2.09. The Morgan fingerprint density at radius 2 is 2.29 bits per heavy atom. The van der Waals surface area contributed by atoms with Crippen LogP contribution in [0.1, 0.15) is 32.4 Å². The molecular weight excluding hydrogens is 176 g/mol. The van der Waals surface area contributed by atoms with Crippen LogP contribution in [0, 0.1) is 5.92 Å². The van der Waals surface area contributed by atoms with Crippen molar-refractivity contribution >= 4 is 0 Å². The summed E-state index contributed by atoms with van der Waals surface area (Å²) in [6.45, 7) is 4.41. The minimum atomic E-state index is 0.389. The summed E-state index contributed by atoms with van der Waals surface area (Å²) >= 11 is 0. The van der Waals surface area contributed by atoms with Crippen LogP contribution in [0.3, 0.4) is 0 Å². The molecule has 0 fully saturated rings. The molecule has 0 aliphatic carbocycles. The summed E-state index contributed by atoms with van der Waals surface area (Å²) in [7, 11) is 0. The monoisotopic (exact) mass is 196 g/mol. The van der Waals surface area contributed by atoms with Gasteiger partial charge in [-0.1, -0.05) is 13.8 Å². The Bertz CT molecular complexity index is 231. The smallest absolute Gasteiger partial charge is 0.103 e. The number of hydrazine groups is 1. The number of nitrogens with one attached hydrogen (secondary N) is 1. The van der Waals surface area contributed by atoms with Crippen molar-refractivity contribution in [3.8, 4) is 0 Å². The van der Waals surface area contributed by atoms with E-state index in [9.17, 15) is 0 Å². The summed E-state index contributed by atoms with van der Waals surface area (Å²) in [5.41, 5.74) is 2.85. The van der Waals surface area contributed by atoms with E-state index in [1.54, 1.807) is 6.26 Å². The minimum Gasteiger partial charge on any atom is -0.469 e. The number of hydrogen-bond donors (Lipinski definition) is 2. The largest absolute Gasteiger partial charge is 0.469 e. The van der Waals surface area contributed by atoms with Crippen LogP contribution in [0.5, 0.6) is 0 Å². The van der Waals surface area contributed by atoms with Crippen LogP contribution in [-0.4, -0.2) is 6.04 Å². The first kappa shape index (κ1) is 11.3. The molecule has 1 aromatic rings. The van der Waals surface area contributed by atoms with Gasteiger partial charge in [-0.05, 0) is 30.9 Å². The zero-order valence-electron chi connectivity index (χ0n) is 8.99. The van der Waals surface area contributed by atoms with Gasteiger partial charge in [0.25, 0.3) is 0 Å². The Balaban J connectivity index is 2.27. The maximum Gasteiger partial charge on any atom is 0.103 e. The summed E-state index contributed by atoms with van der Waals surface area (Å²) in [4.78, 5) is 0. The molecule has 80 valence electrons. The summed E-state index contributed by atoms with van der Waals surface area (Å²) < 4.78 is 5.26. The molecule has 3 nitrogen and oxygen atoms in total. The molecule has 0 spiro atoms. The third-order valence-corrected chi connectivity index (χ3v) is 2.31. The Labute approximate surface area is 85.6 Å². The molecule has 1 heterocycles. The topological polar surface area (TPSA) is 51.2 Å². The normalized spacial score (nSPS) is 13.4. The first-order valence-electron chi connectivity index (χ1n) is 5.21. The van der Waals surface area contributed by atoms with Gasteiger partial charge in [0.05, 0.1) is 6.26 Å². The molecule has 0 aromatic carbocycles. The lowest BCUT2D eigenvalue weighted by molar-refractivity contribution is 0.390. The fourth-order valence-corrected chi connectivity index (χ4v) is 1.61. The molecule has 1 unspecified atom stereocenters. The van der Waals surface area contributed by atoms with Gasteiger partial charge in [-0.25, -0.2) is 0 Å². The highest BCUT2D eigenvalue weighted by atomic mass is 16.3. The van der Waals surface area contributed by atoms with Gasteiger partial charge in [0, 0.05) is 12.5 Å². The van der Waals surface area contributed by atoms with Crippen LogP contribution in [0.4, 0.5) is 0 Å². The van der Waals surface area contributed by atoms with E-state index in [1.807, 2.05) is 12.1 Å². The number of furan rings is 1. The second-order valence-corrected chi connectivity index (χ2v) is 4.11. The maximum absolute atomic E-state index is 5.48. The molecule has 14 heavy (non-hydrogen) atoms. The Morgan fingerprint density at radius 1 is 1.50 bits per heavy atom. The second-order valence-electron chi connectivity index (χ2n) is 4.11. The van der Waals surface area contributed by atoms with E-state index in [0.717, 1.165) is 25.0 Å². The molecule has 3 N–H and O–H groups in total. The van der Waals surface area contributed by atoms with E-state index in [0.29, 0.717) is 12.0 Å². The van der Waals surface area contributed by atoms with Crippen LogP contribution in [0.25, 0.3) is 0 Å². The van der Waals surface area contributed by atoms with E-state index in [1.165, 1.54) is 0 Å². The summed E-state index contributed by atoms with van der Waals surface area (Å²) in [5, 5.41) is 0. The van der Waals surface area contributed by atoms with E-state index in [4.69, 9.17) is 10.3 Å². The van der Waals surface area contributed by atoms with Crippen molar-refractivity contribution in [2.75, 3.05) is 0 Å². The fourth-order valence-electron chi connectivity index (χ4n) is 1.61. The predicted molar refractivity (Wildman–Crippen MR) is 57.6 cm³/mol. The average molecular weight is 196 g/mol. The third-order valence-electron chi connectivity index (χ3n) is 2.31. The Morgan fingerprint density at radius 3 is 2.79 bits per heavy atom. The molecule has 0 aliphatic heterocycles. The first-order chi connectivity index (χ1) is 6.72. The molecule has 0 bridgehead atoms. The van der Waals surface area contributed by atoms with Gasteiger partial charge in [-0.15, -0.1) is 0 Å². The molecule has 3 heteroatoms. The lowest BCUT2D eigenvalue weighted by Gasteiger charge is -2.17. The lowest BCUT2D eigenvalue weighted by Crippen LogP contribution is -2.36. The van der Waals surface area contributed by atoms with Crippen molar-refractivity contribution in [3.05, 3.63) is 24.2 Å². The Hall–Kier alpha value is -0.800. The molecule has 0 saturated heterocycles. The highest BCUT2D eigenvalue weighted by Crippen LogP contribution is 2.11. The molecule has 1 atom stereocenters. The van der Waals surface area contributed by atoms with Gasteiger partial charge >= 0.3 is 0 Å². The zero-order chi connectivity index (χ0) is 10.4. The summed E-state index contributed by atoms with van der Waals surface area (Å²) in [6.07, 6.45) is 4.80. The zero-order valence-corrected chi connectivity index (χ0v) is 8.99. The first-order valence-corrected chi connectivity index (χ1v) is 5.21. The quantitative estimate of drug-likeness (QED) is 0.541. The van der Waals surface area contributed by atoms with Gasteiger partial charge in [0.2, 0.25) is 0 Å². The maximum atomic E-state index is 5.48. The van der Waals surface area contributed by atoms with Crippen LogP contribution in [0.15, 0.2) is 22.8 Å². The van der Waals surface area contributed by atoms with Gasteiger partial charge in [-0.2, -0.15) is 0 Å². The van der Waals surface area contributed by atoms with Crippen molar-refractivity contribution in [3.63, 3.8) is 0 Å². The van der Waals surface area contributed by atoms with E-state index >= 15 is 0 Å². The average Bonchev–Trinajstić information content (AvgIpc) is 2.64. The van der Waals surface area contributed by atoms with Crippen molar-refractivity contribution in [1.82, 2.24) is 5.43 Å². The molecule has 0 amide bonds. The van der Waals surface area contributed by atoms with Gasteiger partial charge < -0.3 is 4.42 Å². The highest BCUT2D eigenvalue weighted by molar-refractivity contribution is 4.98. The summed E-state index contributed by atoms with van der Waals surface area (Å²) in [5.74, 6) is 7.19. The predicted octanol–water partition coefficient (Wildman–Crippen LogP) is 2.09. The van der Waals surface area contributed by atoms with Crippen molar-refractivity contribution in [2.24, 2.45) is 11.8 Å². The number of rotatable bonds is 6. The third kappa shape index (κ3) is 3.94. The molecule has 0 saturated carbocycles. The van der Waals surface area contributed by atoms with Crippen molar-refractivity contribution in [2.45, 2.75) is 39.2 Å². The van der Waals surface area contributed by atoms with Gasteiger partial charge in [0.15, 0.2) is 0 Å². The van der Waals surface area contributed by atoms with Crippen LogP contribution in [0.2, 0.25) is 0 Å². The second kappa shape index (κ2) is 5.83. The van der Waals surface area contributed by atoms with Crippen LogP contribution in [-0.2, 0) is 6.42 Å². The Kier molecular flexibility index (Phi) is 4.70. The van der Waals surface area contributed by atoms with E-state index in [2.05, 4.69) is 19.3 Å². The van der Waals surface area contributed by atoms with Crippen molar-refractivity contribution < 1.29 is 4.42 Å². The molecule has 0 radical (unpaired) electrons. The SMILES string of the molecule is CC(C)CC(CCc1ccco1)NN. The van der Waals surface area contributed by atoms with Crippen molar-refractivity contribution in [1.29, 1.82) is 0 Å².